The smallest absolute Gasteiger partial charge is 0.115 e. The summed E-state index contributed by atoms with van der Waals surface area (Å²) in [6.07, 6.45) is 8.79. The lowest BCUT2D eigenvalue weighted by molar-refractivity contribution is 0.249. The van der Waals surface area contributed by atoms with E-state index in [4.69, 9.17) is 0 Å². The molecule has 2 N–H and O–H groups in total. The lowest BCUT2D eigenvalue weighted by Gasteiger charge is -2.36. The van der Waals surface area contributed by atoms with E-state index in [9.17, 15) is 5.11 Å². The van der Waals surface area contributed by atoms with Crippen LogP contribution >= 0.6 is 0 Å². The highest BCUT2D eigenvalue weighted by atomic mass is 16.3. The highest BCUT2D eigenvalue weighted by Gasteiger charge is 2.34. The molecule has 1 spiro atoms. The van der Waals surface area contributed by atoms with Crippen LogP contribution in [0.25, 0.3) is 0 Å². The third-order valence-corrected chi connectivity index (χ3v) is 9.04. The van der Waals surface area contributed by atoms with Crippen LogP contribution in [0, 0.1) is 5.41 Å². The SMILES string of the molecule is Oc1ccc2c(c1)CC[C@H](c1ccccc1)[C@@H]2c1ccc(N2CCCC3(CCC2)CCNC3)cc1. The summed E-state index contributed by atoms with van der Waals surface area (Å²) < 4.78 is 0. The van der Waals surface area contributed by atoms with E-state index in [1.54, 1.807) is 0 Å². The first-order chi connectivity index (χ1) is 17.2. The standard InChI is InChI=1S/C32H38N2O/c35-28-13-15-30-26(22-28)10-14-29(24-6-2-1-3-7-24)31(30)25-8-11-27(12-9-25)34-20-4-16-32(17-5-21-34)18-19-33-23-32/h1-3,6-9,11-13,15,22,29,31,33,35H,4-5,10,14,16-21,23H2/t29-,31+/m1/s1. The average molecular weight is 467 g/mol. The fraction of sp³-hybridized carbons (Fsp3) is 0.438. The van der Waals surface area contributed by atoms with E-state index < -0.39 is 0 Å². The molecule has 0 radical (unpaired) electrons. The van der Waals surface area contributed by atoms with Crippen molar-refractivity contribution in [1.82, 2.24) is 5.32 Å². The van der Waals surface area contributed by atoms with Crippen molar-refractivity contribution in [3.05, 3.63) is 95.1 Å². The number of hydrogen-bond donors (Lipinski definition) is 2. The van der Waals surface area contributed by atoms with E-state index >= 15 is 0 Å². The fourth-order valence-corrected chi connectivity index (χ4v) is 7.18. The second kappa shape index (κ2) is 9.70. The Labute approximate surface area is 210 Å². The van der Waals surface area contributed by atoms with Gasteiger partial charge in [-0.25, -0.2) is 0 Å². The van der Waals surface area contributed by atoms with Gasteiger partial charge in [0, 0.05) is 31.2 Å². The molecule has 2 saturated heterocycles. The molecule has 1 aliphatic carbocycles. The predicted molar refractivity (Wildman–Crippen MR) is 144 cm³/mol. The molecule has 3 aromatic carbocycles. The lowest BCUT2D eigenvalue weighted by Crippen LogP contribution is -2.33. The van der Waals surface area contributed by atoms with Gasteiger partial charge in [0.25, 0.3) is 0 Å². The van der Waals surface area contributed by atoms with Crippen LogP contribution in [-0.2, 0) is 6.42 Å². The molecule has 2 fully saturated rings. The number of phenolic OH excluding ortho intramolecular Hbond substituents is 1. The Kier molecular flexibility index (Phi) is 6.28. The normalized spacial score (nSPS) is 24.1. The van der Waals surface area contributed by atoms with Crippen molar-refractivity contribution in [3.8, 4) is 5.75 Å². The van der Waals surface area contributed by atoms with Gasteiger partial charge in [-0.3, -0.25) is 0 Å². The van der Waals surface area contributed by atoms with Crippen molar-refractivity contribution in [2.24, 2.45) is 5.41 Å². The molecule has 35 heavy (non-hydrogen) atoms. The van der Waals surface area contributed by atoms with Gasteiger partial charge in [0.1, 0.15) is 5.75 Å². The third-order valence-electron chi connectivity index (χ3n) is 9.04. The second-order valence-electron chi connectivity index (χ2n) is 11.1. The van der Waals surface area contributed by atoms with E-state index in [1.807, 2.05) is 12.1 Å². The van der Waals surface area contributed by atoms with Crippen LogP contribution in [-0.4, -0.2) is 31.3 Å². The van der Waals surface area contributed by atoms with Gasteiger partial charge < -0.3 is 15.3 Å². The first kappa shape index (κ1) is 22.7. The molecular weight excluding hydrogens is 428 g/mol. The maximum atomic E-state index is 10.1. The number of hydrogen-bond acceptors (Lipinski definition) is 3. The molecule has 6 rings (SSSR count). The van der Waals surface area contributed by atoms with E-state index in [1.165, 1.54) is 86.2 Å². The minimum Gasteiger partial charge on any atom is -0.508 e. The molecule has 3 heteroatoms. The molecule has 3 aromatic rings. The van der Waals surface area contributed by atoms with Crippen LogP contribution in [0.3, 0.4) is 0 Å². The number of nitrogens with one attached hydrogen (secondary N) is 1. The molecule has 3 nitrogen and oxygen atoms in total. The van der Waals surface area contributed by atoms with Crippen LogP contribution in [0.15, 0.2) is 72.8 Å². The maximum absolute atomic E-state index is 10.1. The maximum Gasteiger partial charge on any atom is 0.115 e. The van der Waals surface area contributed by atoms with Crippen molar-refractivity contribution in [2.45, 2.75) is 56.8 Å². The second-order valence-corrected chi connectivity index (χ2v) is 11.1. The van der Waals surface area contributed by atoms with Crippen LogP contribution < -0.4 is 10.2 Å². The number of fused-ring (bicyclic) bond motifs is 1. The summed E-state index contributed by atoms with van der Waals surface area (Å²) in [5, 5.41) is 13.7. The van der Waals surface area contributed by atoms with Crippen molar-refractivity contribution in [2.75, 3.05) is 31.1 Å². The first-order valence-corrected chi connectivity index (χ1v) is 13.6. The van der Waals surface area contributed by atoms with Gasteiger partial charge in [0.05, 0.1) is 0 Å². The van der Waals surface area contributed by atoms with Crippen molar-refractivity contribution in [1.29, 1.82) is 0 Å². The molecule has 0 amide bonds. The summed E-state index contributed by atoms with van der Waals surface area (Å²) in [6, 6.07) is 26.5. The zero-order valence-electron chi connectivity index (χ0n) is 20.8. The van der Waals surface area contributed by atoms with E-state index in [0.29, 0.717) is 23.0 Å². The van der Waals surface area contributed by atoms with Gasteiger partial charge in [-0.2, -0.15) is 0 Å². The third kappa shape index (κ3) is 4.59. The molecule has 2 aliphatic heterocycles. The Morgan fingerprint density at radius 2 is 1.60 bits per heavy atom. The minimum absolute atomic E-state index is 0.317. The van der Waals surface area contributed by atoms with Crippen LogP contribution in [0.1, 0.15) is 72.6 Å². The van der Waals surface area contributed by atoms with Crippen LogP contribution in [0.4, 0.5) is 5.69 Å². The van der Waals surface area contributed by atoms with Crippen molar-refractivity contribution >= 4 is 5.69 Å². The molecular formula is C32H38N2O. The monoisotopic (exact) mass is 466 g/mol. The summed E-state index contributed by atoms with van der Waals surface area (Å²) in [4.78, 5) is 2.61. The van der Waals surface area contributed by atoms with Gasteiger partial charge in [-0.1, -0.05) is 48.5 Å². The Morgan fingerprint density at radius 3 is 2.31 bits per heavy atom. The molecule has 0 aromatic heterocycles. The van der Waals surface area contributed by atoms with Gasteiger partial charge in [-0.15, -0.1) is 0 Å². The zero-order chi connectivity index (χ0) is 23.7. The highest BCUT2D eigenvalue weighted by molar-refractivity contribution is 5.52. The van der Waals surface area contributed by atoms with E-state index in [2.05, 4.69) is 70.9 Å². The minimum atomic E-state index is 0.317. The lowest BCUT2D eigenvalue weighted by atomic mass is 9.69. The zero-order valence-corrected chi connectivity index (χ0v) is 20.8. The summed E-state index contributed by atoms with van der Waals surface area (Å²) in [7, 11) is 0. The Bertz CT molecular complexity index is 1120. The molecule has 182 valence electrons. The largest absolute Gasteiger partial charge is 0.508 e. The Morgan fingerprint density at radius 1 is 0.829 bits per heavy atom. The van der Waals surface area contributed by atoms with Gasteiger partial charge in [0.2, 0.25) is 0 Å². The Balaban J connectivity index is 1.26. The topological polar surface area (TPSA) is 35.5 Å². The number of rotatable bonds is 3. The van der Waals surface area contributed by atoms with Crippen molar-refractivity contribution < 1.29 is 5.11 Å². The summed E-state index contributed by atoms with van der Waals surface area (Å²) in [5.74, 6) is 1.15. The van der Waals surface area contributed by atoms with Crippen LogP contribution in [0.2, 0.25) is 0 Å². The Hall–Kier alpha value is -2.78. The molecule has 0 bridgehead atoms. The predicted octanol–water partition coefficient (Wildman–Crippen LogP) is 6.61. The molecule has 0 unspecified atom stereocenters. The summed E-state index contributed by atoms with van der Waals surface area (Å²) >= 11 is 0. The molecule has 0 saturated carbocycles. The quantitative estimate of drug-likeness (QED) is 0.456. The van der Waals surface area contributed by atoms with E-state index in [0.717, 1.165) is 12.8 Å². The number of anilines is 1. The van der Waals surface area contributed by atoms with E-state index in [-0.39, 0.29) is 0 Å². The molecule has 2 atom stereocenters. The van der Waals surface area contributed by atoms with Crippen molar-refractivity contribution in [3.63, 3.8) is 0 Å². The number of aromatic hydroxyl groups is 1. The summed E-state index contributed by atoms with van der Waals surface area (Å²) in [5.41, 5.74) is 7.41. The number of benzene rings is 3. The highest BCUT2D eigenvalue weighted by Crippen LogP contribution is 2.47. The fourth-order valence-electron chi connectivity index (χ4n) is 7.18. The van der Waals surface area contributed by atoms with Crippen LogP contribution in [0.5, 0.6) is 5.75 Å². The number of phenols is 1. The number of nitrogens with zero attached hydrogens (tertiary/aromatic N) is 1. The first-order valence-electron chi connectivity index (χ1n) is 13.6. The summed E-state index contributed by atoms with van der Waals surface area (Å²) in [6.45, 7) is 4.77. The van der Waals surface area contributed by atoms with Gasteiger partial charge in [0.15, 0.2) is 0 Å². The van der Waals surface area contributed by atoms with Gasteiger partial charge >= 0.3 is 0 Å². The number of aryl methyl sites for hydroxylation is 1. The van der Waals surface area contributed by atoms with Gasteiger partial charge in [-0.05, 0) is 109 Å². The molecule has 3 aliphatic rings. The average Bonchev–Trinajstić information content (AvgIpc) is 3.35. The molecule has 2 heterocycles.